The van der Waals surface area contributed by atoms with E-state index in [9.17, 15) is 8.42 Å². The summed E-state index contributed by atoms with van der Waals surface area (Å²) < 4.78 is 36.3. The van der Waals surface area contributed by atoms with Crippen molar-refractivity contribution in [3.63, 3.8) is 0 Å². The van der Waals surface area contributed by atoms with Crippen molar-refractivity contribution < 1.29 is 17.7 Å². The summed E-state index contributed by atoms with van der Waals surface area (Å²) in [5.41, 5.74) is 0.395. The predicted octanol–water partition coefficient (Wildman–Crippen LogP) is 0.133. The Hall–Kier alpha value is -0.780. The second kappa shape index (κ2) is 6.08. The molecular formula is C8H9N2NaO4S. The summed E-state index contributed by atoms with van der Waals surface area (Å²) in [4.78, 5) is 0. The van der Waals surface area contributed by atoms with Gasteiger partial charge >= 0.3 is 39.9 Å². The molecule has 0 radical (unpaired) electrons. The third kappa shape index (κ3) is 4.38. The summed E-state index contributed by atoms with van der Waals surface area (Å²) >= 11 is 0. The van der Waals surface area contributed by atoms with Gasteiger partial charge in [0, 0.05) is 6.07 Å². The van der Waals surface area contributed by atoms with E-state index >= 15 is 0 Å². The fraction of sp³-hybridized carbons (Fsp3) is 0.125. The minimum absolute atomic E-state index is 0. The fourth-order valence-electron chi connectivity index (χ4n) is 0.984. The molecule has 0 aliphatic rings. The average Bonchev–Trinajstić information content (AvgIpc) is 2.16. The van der Waals surface area contributed by atoms with E-state index in [1.807, 2.05) is 10.8 Å². The first-order valence-corrected chi connectivity index (χ1v) is 5.23. The number of benzene rings is 1. The van der Waals surface area contributed by atoms with Gasteiger partial charge in [-0.2, -0.15) is 13.7 Å². The SMILES string of the molecule is COc1cc(C#N)ccc1NS(=O)(=O)O.[NaH]. The number of nitrogens with zero attached hydrogens (tertiary/aromatic N) is 1. The van der Waals surface area contributed by atoms with Crippen LogP contribution < -0.4 is 9.46 Å². The van der Waals surface area contributed by atoms with Crippen molar-refractivity contribution in [2.75, 3.05) is 11.8 Å². The van der Waals surface area contributed by atoms with Crippen molar-refractivity contribution in [1.29, 1.82) is 5.26 Å². The molecule has 0 fully saturated rings. The van der Waals surface area contributed by atoms with Crippen LogP contribution in [0.1, 0.15) is 5.56 Å². The number of anilines is 1. The van der Waals surface area contributed by atoms with Crippen molar-refractivity contribution in [1.82, 2.24) is 0 Å². The molecule has 1 aromatic rings. The molecule has 0 aliphatic carbocycles. The first kappa shape index (κ1) is 15.2. The van der Waals surface area contributed by atoms with E-state index in [2.05, 4.69) is 0 Å². The van der Waals surface area contributed by atoms with Crippen LogP contribution in [-0.2, 0) is 10.3 Å². The summed E-state index contributed by atoms with van der Waals surface area (Å²) in [6.45, 7) is 0. The Morgan fingerprint density at radius 2 is 2.12 bits per heavy atom. The van der Waals surface area contributed by atoms with E-state index in [0.29, 0.717) is 5.56 Å². The van der Waals surface area contributed by atoms with Crippen LogP contribution in [-0.4, -0.2) is 49.6 Å². The van der Waals surface area contributed by atoms with Gasteiger partial charge in [0.2, 0.25) is 0 Å². The monoisotopic (exact) mass is 252 g/mol. The predicted molar refractivity (Wildman–Crippen MR) is 60.0 cm³/mol. The first-order chi connectivity index (χ1) is 6.96. The Balaban J connectivity index is 0.00000225. The van der Waals surface area contributed by atoms with Gasteiger partial charge in [-0.1, -0.05) is 0 Å². The molecule has 8 heteroatoms. The fourth-order valence-corrected chi connectivity index (χ4v) is 1.43. The van der Waals surface area contributed by atoms with Gasteiger partial charge in [0.05, 0.1) is 24.4 Å². The van der Waals surface area contributed by atoms with Gasteiger partial charge in [0.25, 0.3) is 0 Å². The maximum absolute atomic E-state index is 10.5. The van der Waals surface area contributed by atoms with Gasteiger partial charge in [-0.25, -0.2) is 0 Å². The van der Waals surface area contributed by atoms with E-state index in [0.717, 1.165) is 0 Å². The molecule has 0 spiro atoms. The molecule has 0 saturated carbocycles. The molecule has 1 aromatic carbocycles. The van der Waals surface area contributed by atoms with E-state index < -0.39 is 10.3 Å². The Labute approximate surface area is 115 Å². The molecule has 0 aliphatic heterocycles. The second-order valence-corrected chi connectivity index (χ2v) is 3.76. The number of nitriles is 1. The number of ether oxygens (including phenoxy) is 1. The van der Waals surface area contributed by atoms with Crippen LogP contribution in [0.25, 0.3) is 0 Å². The number of hydrogen-bond acceptors (Lipinski definition) is 4. The van der Waals surface area contributed by atoms with Gasteiger partial charge in [-0.05, 0) is 12.1 Å². The van der Waals surface area contributed by atoms with Gasteiger partial charge in [0.1, 0.15) is 5.75 Å². The van der Waals surface area contributed by atoms with Crippen LogP contribution in [0.15, 0.2) is 18.2 Å². The molecule has 6 nitrogen and oxygen atoms in total. The molecule has 0 bridgehead atoms. The van der Waals surface area contributed by atoms with Crippen molar-refractivity contribution in [3.05, 3.63) is 23.8 Å². The average molecular weight is 252 g/mol. The van der Waals surface area contributed by atoms with E-state index in [1.54, 1.807) is 0 Å². The van der Waals surface area contributed by atoms with Crippen molar-refractivity contribution >= 4 is 45.5 Å². The Bertz CT molecular complexity index is 509. The minimum atomic E-state index is -4.34. The van der Waals surface area contributed by atoms with Crippen molar-refractivity contribution in [2.24, 2.45) is 0 Å². The molecular weight excluding hydrogens is 243 g/mol. The van der Waals surface area contributed by atoms with Gasteiger partial charge in [0.15, 0.2) is 0 Å². The van der Waals surface area contributed by atoms with E-state index in [1.165, 1.54) is 25.3 Å². The molecule has 82 valence electrons. The molecule has 0 saturated heterocycles. The standard InChI is InChI=1S/C8H8N2O4S.Na.H/c1-14-8-4-6(5-9)2-3-7(8)10-15(11,12)13;;/h2-4,10H,1H3,(H,11,12,13);;. The van der Waals surface area contributed by atoms with E-state index in [4.69, 9.17) is 14.6 Å². The second-order valence-electron chi connectivity index (χ2n) is 2.60. The van der Waals surface area contributed by atoms with Crippen LogP contribution in [0.2, 0.25) is 0 Å². The molecule has 2 N–H and O–H groups in total. The summed E-state index contributed by atoms with van der Waals surface area (Å²) in [7, 11) is -3.02. The van der Waals surface area contributed by atoms with Crippen LogP contribution in [0.4, 0.5) is 5.69 Å². The van der Waals surface area contributed by atoms with Gasteiger partial charge < -0.3 is 4.74 Å². The van der Waals surface area contributed by atoms with Crippen molar-refractivity contribution in [2.45, 2.75) is 0 Å². The van der Waals surface area contributed by atoms with Gasteiger partial charge in [-0.15, -0.1) is 0 Å². The Kier molecular flexibility index (Phi) is 5.78. The summed E-state index contributed by atoms with van der Waals surface area (Å²) in [5, 5.41) is 8.59. The van der Waals surface area contributed by atoms with Gasteiger partial charge in [-0.3, -0.25) is 9.27 Å². The zero-order chi connectivity index (χ0) is 11.5. The molecule has 0 amide bonds. The maximum atomic E-state index is 10.5. The molecule has 0 aromatic heterocycles. The number of hydrogen-bond donors (Lipinski definition) is 2. The molecule has 0 atom stereocenters. The number of rotatable bonds is 3. The zero-order valence-corrected chi connectivity index (χ0v) is 8.58. The summed E-state index contributed by atoms with van der Waals surface area (Å²) in [6, 6.07) is 5.95. The molecule has 16 heavy (non-hydrogen) atoms. The van der Waals surface area contributed by atoms with Crippen LogP contribution in [0.5, 0.6) is 5.75 Å². The normalized spacial score (nSPS) is 9.81. The first-order valence-electron chi connectivity index (χ1n) is 3.79. The Morgan fingerprint density at radius 3 is 2.56 bits per heavy atom. The Morgan fingerprint density at radius 1 is 1.50 bits per heavy atom. The molecule has 0 heterocycles. The summed E-state index contributed by atoms with van der Waals surface area (Å²) in [5.74, 6) is 0.159. The topological polar surface area (TPSA) is 99.4 Å². The number of methoxy groups -OCH3 is 1. The molecule has 1 rings (SSSR count). The third-order valence-corrected chi connectivity index (χ3v) is 2.05. The van der Waals surface area contributed by atoms with Crippen LogP contribution in [0, 0.1) is 11.3 Å². The van der Waals surface area contributed by atoms with Crippen LogP contribution >= 0.6 is 0 Å². The summed E-state index contributed by atoms with van der Waals surface area (Å²) in [6.07, 6.45) is 0. The van der Waals surface area contributed by atoms with E-state index in [-0.39, 0.29) is 41.0 Å². The quantitative estimate of drug-likeness (QED) is 0.588. The number of nitrogens with one attached hydrogen (secondary N) is 1. The third-order valence-electron chi connectivity index (χ3n) is 1.57. The van der Waals surface area contributed by atoms with Crippen molar-refractivity contribution in [3.8, 4) is 11.8 Å². The van der Waals surface area contributed by atoms with Crippen LogP contribution in [0.3, 0.4) is 0 Å². The zero-order valence-electron chi connectivity index (χ0n) is 7.76. The molecule has 0 unspecified atom stereocenters.